The molecule has 3 aromatic rings. The van der Waals surface area contributed by atoms with Crippen molar-refractivity contribution >= 4 is 11.7 Å². The van der Waals surface area contributed by atoms with E-state index in [1.165, 1.54) is 17.7 Å². The van der Waals surface area contributed by atoms with Gasteiger partial charge in [-0.25, -0.2) is 9.07 Å². The Hall–Kier alpha value is -3.15. The van der Waals surface area contributed by atoms with Crippen LogP contribution in [0.15, 0.2) is 60.8 Å². The van der Waals surface area contributed by atoms with Gasteiger partial charge in [0.05, 0.1) is 12.7 Å². The van der Waals surface area contributed by atoms with Crippen molar-refractivity contribution in [2.75, 3.05) is 5.32 Å². The number of ether oxygens (including phenoxy) is 1. The zero-order valence-corrected chi connectivity index (χ0v) is 14.6. The maximum atomic E-state index is 13.7. The molecule has 134 valence electrons. The maximum absolute atomic E-state index is 13.7. The van der Waals surface area contributed by atoms with Gasteiger partial charge in [-0.3, -0.25) is 4.79 Å². The first-order valence-electron chi connectivity index (χ1n) is 8.32. The highest BCUT2D eigenvalue weighted by molar-refractivity contribution is 5.93. The van der Waals surface area contributed by atoms with Crippen LogP contribution < -0.4 is 10.1 Å². The second kappa shape index (κ2) is 7.82. The van der Waals surface area contributed by atoms with Crippen molar-refractivity contribution < 1.29 is 13.9 Å². The van der Waals surface area contributed by atoms with E-state index < -0.39 is 11.9 Å². The number of amides is 1. The number of anilines is 1. The van der Waals surface area contributed by atoms with E-state index in [9.17, 15) is 9.18 Å². The van der Waals surface area contributed by atoms with E-state index in [2.05, 4.69) is 10.4 Å². The number of aromatic nitrogens is 2. The molecule has 0 saturated carbocycles. The first-order chi connectivity index (χ1) is 12.5. The number of nitrogens with zero attached hydrogens (tertiary/aromatic N) is 2. The van der Waals surface area contributed by atoms with Crippen LogP contribution in [0.3, 0.4) is 0 Å². The molecule has 5 nitrogen and oxygen atoms in total. The second-order valence-corrected chi connectivity index (χ2v) is 6.04. The van der Waals surface area contributed by atoms with Gasteiger partial charge in [0.1, 0.15) is 5.82 Å². The average Bonchev–Trinajstić information content (AvgIpc) is 3.05. The molecule has 1 heterocycles. The van der Waals surface area contributed by atoms with Crippen LogP contribution in [0.5, 0.6) is 5.75 Å². The van der Waals surface area contributed by atoms with Gasteiger partial charge >= 0.3 is 0 Å². The summed E-state index contributed by atoms with van der Waals surface area (Å²) in [6, 6.07) is 15.8. The molecule has 0 saturated heterocycles. The Morgan fingerprint density at radius 1 is 1.19 bits per heavy atom. The van der Waals surface area contributed by atoms with Crippen LogP contribution in [-0.2, 0) is 11.3 Å². The first-order valence-corrected chi connectivity index (χ1v) is 8.32. The number of aryl methyl sites for hydroxylation is 1. The standard InChI is InChI=1S/C20H20FN3O2/c1-14-7-9-16(10-8-14)13-24-19(11-12-22-24)23-20(25)15(2)26-18-6-4-3-5-17(18)21/h3-12,15H,13H2,1-2H3,(H,23,25). The van der Waals surface area contributed by atoms with Crippen LogP contribution in [-0.4, -0.2) is 21.8 Å². The van der Waals surface area contributed by atoms with Gasteiger partial charge in [0.15, 0.2) is 17.7 Å². The third-order valence-electron chi connectivity index (χ3n) is 3.93. The zero-order valence-electron chi connectivity index (χ0n) is 14.6. The summed E-state index contributed by atoms with van der Waals surface area (Å²) >= 11 is 0. The third kappa shape index (κ3) is 4.27. The number of carbonyl (C=O) groups excluding carboxylic acids is 1. The van der Waals surface area contributed by atoms with Crippen LogP contribution in [0.2, 0.25) is 0 Å². The van der Waals surface area contributed by atoms with Crippen LogP contribution >= 0.6 is 0 Å². The number of carbonyl (C=O) groups is 1. The molecule has 6 heteroatoms. The fraction of sp³-hybridized carbons (Fsp3) is 0.200. The minimum absolute atomic E-state index is 0.0447. The van der Waals surface area contributed by atoms with Crippen molar-refractivity contribution in [2.24, 2.45) is 0 Å². The lowest BCUT2D eigenvalue weighted by Crippen LogP contribution is -2.31. The maximum Gasteiger partial charge on any atom is 0.266 e. The lowest BCUT2D eigenvalue weighted by molar-refractivity contribution is -0.122. The predicted octanol–water partition coefficient (Wildman–Crippen LogP) is 3.78. The molecule has 0 aliphatic rings. The van der Waals surface area contributed by atoms with Gasteiger partial charge < -0.3 is 10.1 Å². The van der Waals surface area contributed by atoms with Crippen LogP contribution in [0, 0.1) is 12.7 Å². The molecular formula is C20H20FN3O2. The monoisotopic (exact) mass is 353 g/mol. The summed E-state index contributed by atoms with van der Waals surface area (Å²) in [5.74, 6) is -0.279. The highest BCUT2D eigenvalue weighted by atomic mass is 19.1. The van der Waals surface area contributed by atoms with E-state index >= 15 is 0 Å². The van der Waals surface area contributed by atoms with Crippen LogP contribution in [0.1, 0.15) is 18.1 Å². The number of benzene rings is 2. The molecule has 0 aliphatic carbocycles. The zero-order chi connectivity index (χ0) is 18.5. The summed E-state index contributed by atoms with van der Waals surface area (Å²) in [5.41, 5.74) is 2.26. The van der Waals surface area contributed by atoms with Crippen LogP contribution in [0.4, 0.5) is 10.2 Å². The van der Waals surface area contributed by atoms with E-state index in [0.717, 1.165) is 5.56 Å². The van der Waals surface area contributed by atoms with Crippen molar-refractivity contribution in [1.29, 1.82) is 0 Å². The summed E-state index contributed by atoms with van der Waals surface area (Å²) in [4.78, 5) is 12.4. The van der Waals surface area contributed by atoms with Gasteiger partial charge in [0.25, 0.3) is 5.91 Å². The van der Waals surface area contributed by atoms with Gasteiger partial charge in [0, 0.05) is 6.07 Å². The fourth-order valence-corrected chi connectivity index (χ4v) is 2.44. The van der Waals surface area contributed by atoms with Crippen molar-refractivity contribution in [3.8, 4) is 5.75 Å². The normalized spacial score (nSPS) is 11.8. The highest BCUT2D eigenvalue weighted by Crippen LogP contribution is 2.18. The van der Waals surface area contributed by atoms with Gasteiger partial charge in [-0.05, 0) is 31.5 Å². The number of halogens is 1. The number of rotatable bonds is 6. The summed E-state index contributed by atoms with van der Waals surface area (Å²) in [7, 11) is 0. The SMILES string of the molecule is Cc1ccc(Cn2nccc2NC(=O)C(C)Oc2ccccc2F)cc1. The Bertz CT molecular complexity index is 890. The van der Waals surface area contributed by atoms with Gasteiger partial charge in [-0.1, -0.05) is 42.0 Å². The number of hydrogen-bond donors (Lipinski definition) is 1. The van der Waals surface area contributed by atoms with E-state index in [1.54, 1.807) is 36.0 Å². The minimum atomic E-state index is -0.852. The van der Waals surface area contributed by atoms with Crippen molar-refractivity contribution in [3.05, 3.63) is 77.7 Å². The fourth-order valence-electron chi connectivity index (χ4n) is 2.44. The van der Waals surface area contributed by atoms with E-state index in [1.807, 2.05) is 31.2 Å². The molecule has 26 heavy (non-hydrogen) atoms. The third-order valence-corrected chi connectivity index (χ3v) is 3.93. The first kappa shape index (κ1) is 17.7. The van der Waals surface area contributed by atoms with Gasteiger partial charge in [-0.15, -0.1) is 0 Å². The summed E-state index contributed by atoms with van der Waals surface area (Å²) in [5, 5.41) is 7.02. The second-order valence-electron chi connectivity index (χ2n) is 6.04. The molecule has 1 unspecified atom stereocenters. The average molecular weight is 353 g/mol. The molecule has 0 aliphatic heterocycles. The van der Waals surface area contributed by atoms with Crippen molar-refractivity contribution in [2.45, 2.75) is 26.5 Å². The smallest absolute Gasteiger partial charge is 0.266 e. The molecule has 1 atom stereocenters. The van der Waals surface area contributed by atoms with Gasteiger partial charge in [0.2, 0.25) is 0 Å². The lowest BCUT2D eigenvalue weighted by atomic mass is 10.1. The molecule has 3 rings (SSSR count). The molecular weight excluding hydrogens is 333 g/mol. The summed E-state index contributed by atoms with van der Waals surface area (Å²) in [6.45, 7) is 4.13. The Labute approximate surface area is 151 Å². The van der Waals surface area contributed by atoms with Crippen LogP contribution in [0.25, 0.3) is 0 Å². The number of para-hydroxylation sites is 1. The molecule has 0 spiro atoms. The van der Waals surface area contributed by atoms with Gasteiger partial charge in [-0.2, -0.15) is 5.10 Å². The Balaban J connectivity index is 1.65. The van der Waals surface area contributed by atoms with Crippen molar-refractivity contribution in [3.63, 3.8) is 0 Å². The molecule has 0 fully saturated rings. The topological polar surface area (TPSA) is 56.2 Å². The quantitative estimate of drug-likeness (QED) is 0.734. The molecule has 0 radical (unpaired) electrons. The van der Waals surface area contributed by atoms with E-state index in [0.29, 0.717) is 12.4 Å². The minimum Gasteiger partial charge on any atom is -0.478 e. The molecule has 1 amide bonds. The van der Waals surface area contributed by atoms with E-state index in [-0.39, 0.29) is 11.7 Å². The largest absolute Gasteiger partial charge is 0.478 e. The number of hydrogen-bond acceptors (Lipinski definition) is 3. The molecule has 0 bridgehead atoms. The summed E-state index contributed by atoms with van der Waals surface area (Å²) < 4.78 is 20.8. The Kier molecular flexibility index (Phi) is 5.31. The number of nitrogens with one attached hydrogen (secondary N) is 1. The van der Waals surface area contributed by atoms with E-state index in [4.69, 9.17) is 4.74 Å². The molecule has 1 aromatic heterocycles. The molecule has 1 N–H and O–H groups in total. The highest BCUT2D eigenvalue weighted by Gasteiger charge is 2.18. The summed E-state index contributed by atoms with van der Waals surface area (Å²) in [6.07, 6.45) is 0.765. The lowest BCUT2D eigenvalue weighted by Gasteiger charge is -2.16. The Morgan fingerprint density at radius 2 is 1.92 bits per heavy atom. The Morgan fingerprint density at radius 3 is 2.65 bits per heavy atom. The predicted molar refractivity (Wildman–Crippen MR) is 97.6 cm³/mol. The molecule has 2 aromatic carbocycles. The van der Waals surface area contributed by atoms with Crippen molar-refractivity contribution in [1.82, 2.24) is 9.78 Å².